The van der Waals surface area contributed by atoms with E-state index in [0.29, 0.717) is 19.5 Å². The molecule has 5 rings (SSSR count). The topological polar surface area (TPSA) is 65.2 Å². The minimum atomic E-state index is 0.131. The molecule has 0 atom stereocenters. The summed E-state index contributed by atoms with van der Waals surface area (Å²) in [5.41, 5.74) is 5.40. The maximum atomic E-state index is 13.1. The average molecular weight is 420 g/mol. The second kappa shape index (κ2) is 7.87. The summed E-state index contributed by atoms with van der Waals surface area (Å²) < 4.78 is 9.57. The van der Waals surface area contributed by atoms with E-state index in [-0.39, 0.29) is 5.91 Å². The first-order valence-corrected chi connectivity index (χ1v) is 11.0. The van der Waals surface area contributed by atoms with Crippen molar-refractivity contribution in [1.29, 1.82) is 0 Å². The summed E-state index contributed by atoms with van der Waals surface area (Å²) in [6.07, 6.45) is 5.71. The molecule has 2 aliphatic rings. The molecule has 0 saturated heterocycles. The van der Waals surface area contributed by atoms with Gasteiger partial charge in [-0.2, -0.15) is 5.10 Å². The van der Waals surface area contributed by atoms with Gasteiger partial charge in [-0.1, -0.05) is 12.1 Å². The molecule has 3 aromatic rings. The Morgan fingerprint density at radius 1 is 1.29 bits per heavy atom. The second-order valence-electron chi connectivity index (χ2n) is 8.77. The first kappa shape index (κ1) is 19.8. The summed E-state index contributed by atoms with van der Waals surface area (Å²) in [6, 6.07) is 7.73. The van der Waals surface area contributed by atoms with Crippen LogP contribution in [0.5, 0.6) is 5.75 Å². The Labute approximate surface area is 182 Å². The molecular weight excluding hydrogens is 390 g/mol. The van der Waals surface area contributed by atoms with E-state index in [1.165, 1.54) is 24.2 Å². The van der Waals surface area contributed by atoms with Gasteiger partial charge in [0.1, 0.15) is 11.4 Å². The third kappa shape index (κ3) is 3.84. The molecule has 1 aliphatic heterocycles. The van der Waals surface area contributed by atoms with Gasteiger partial charge in [0.05, 0.1) is 13.5 Å². The highest BCUT2D eigenvalue weighted by molar-refractivity contribution is 5.79. The summed E-state index contributed by atoms with van der Waals surface area (Å²) in [5, 5.41) is 4.84. The molecule has 7 heteroatoms. The quantitative estimate of drug-likeness (QED) is 0.616. The van der Waals surface area contributed by atoms with Crippen molar-refractivity contribution < 1.29 is 9.53 Å². The fourth-order valence-electron chi connectivity index (χ4n) is 4.49. The molecular formula is C24H29N5O2. The number of carbonyl (C=O) groups is 1. The van der Waals surface area contributed by atoms with E-state index >= 15 is 0 Å². The SMILES string of the molecule is COc1cccc(CC(=O)N2CCc3c(c(-c4ncc(C)n4CC4CC4)nn3C)C2)c1. The van der Waals surface area contributed by atoms with Crippen LogP contribution >= 0.6 is 0 Å². The van der Waals surface area contributed by atoms with Gasteiger partial charge in [0.15, 0.2) is 5.82 Å². The van der Waals surface area contributed by atoms with Gasteiger partial charge in [-0.15, -0.1) is 0 Å². The number of carbonyl (C=O) groups excluding carboxylic acids is 1. The third-order valence-corrected chi connectivity index (χ3v) is 6.49. The molecule has 1 aliphatic carbocycles. The number of fused-ring (bicyclic) bond motifs is 1. The highest BCUT2D eigenvalue weighted by Gasteiger charge is 2.30. The molecule has 1 fully saturated rings. The molecule has 0 spiro atoms. The number of methoxy groups -OCH3 is 1. The Bertz CT molecular complexity index is 1130. The van der Waals surface area contributed by atoms with Crippen molar-refractivity contribution in [3.05, 3.63) is 53.0 Å². The van der Waals surface area contributed by atoms with Gasteiger partial charge >= 0.3 is 0 Å². The summed E-state index contributed by atoms with van der Waals surface area (Å²) >= 11 is 0. The van der Waals surface area contributed by atoms with Crippen LogP contribution in [0.4, 0.5) is 0 Å². The zero-order valence-corrected chi connectivity index (χ0v) is 18.5. The predicted molar refractivity (Wildman–Crippen MR) is 118 cm³/mol. The van der Waals surface area contributed by atoms with Crippen molar-refractivity contribution in [3.8, 4) is 17.3 Å². The maximum absolute atomic E-state index is 13.1. The second-order valence-corrected chi connectivity index (χ2v) is 8.77. The van der Waals surface area contributed by atoms with Crippen LogP contribution < -0.4 is 4.74 Å². The number of nitrogens with zero attached hydrogens (tertiary/aromatic N) is 5. The van der Waals surface area contributed by atoms with Gasteiger partial charge in [-0.25, -0.2) is 4.98 Å². The van der Waals surface area contributed by atoms with Crippen molar-refractivity contribution in [2.45, 2.75) is 45.7 Å². The lowest BCUT2D eigenvalue weighted by molar-refractivity contribution is -0.131. The van der Waals surface area contributed by atoms with Gasteiger partial charge in [0.2, 0.25) is 5.91 Å². The standard InChI is InChI=1S/C24H29N5O2/c1-16-13-25-24(29(16)14-17-7-8-17)23-20-15-28(10-9-21(20)27(2)26-23)22(30)12-18-5-4-6-19(11-18)31-3/h4-6,11,13,17H,7-10,12,14-15H2,1-3H3. The highest BCUT2D eigenvalue weighted by atomic mass is 16.5. The monoisotopic (exact) mass is 419 g/mol. The number of hydrogen-bond acceptors (Lipinski definition) is 4. The molecule has 7 nitrogen and oxygen atoms in total. The molecule has 162 valence electrons. The van der Waals surface area contributed by atoms with Crippen LogP contribution in [0.2, 0.25) is 0 Å². The van der Waals surface area contributed by atoms with Crippen LogP contribution in [0.3, 0.4) is 0 Å². The molecule has 1 saturated carbocycles. The number of benzene rings is 1. The molecule has 0 unspecified atom stereocenters. The number of rotatable bonds is 6. The number of ether oxygens (including phenoxy) is 1. The van der Waals surface area contributed by atoms with Crippen molar-refractivity contribution in [3.63, 3.8) is 0 Å². The van der Waals surface area contributed by atoms with Crippen molar-refractivity contribution >= 4 is 5.91 Å². The Hall–Kier alpha value is -3.09. The normalized spacial score (nSPS) is 15.8. The lowest BCUT2D eigenvalue weighted by atomic mass is 10.0. The number of aromatic nitrogens is 4. The largest absolute Gasteiger partial charge is 0.497 e. The number of amides is 1. The van der Waals surface area contributed by atoms with Gasteiger partial charge in [0.25, 0.3) is 0 Å². The number of hydrogen-bond donors (Lipinski definition) is 0. The molecule has 2 aromatic heterocycles. The van der Waals surface area contributed by atoms with Crippen LogP contribution in [0.1, 0.15) is 35.4 Å². The summed E-state index contributed by atoms with van der Waals surface area (Å²) in [4.78, 5) is 19.8. The Kier molecular flexibility index (Phi) is 5.04. The summed E-state index contributed by atoms with van der Waals surface area (Å²) in [7, 11) is 3.64. The van der Waals surface area contributed by atoms with E-state index in [1.54, 1.807) is 7.11 Å². The molecule has 0 bridgehead atoms. The first-order valence-electron chi connectivity index (χ1n) is 11.0. The van der Waals surface area contributed by atoms with Crippen LogP contribution in [-0.2, 0) is 37.8 Å². The predicted octanol–water partition coefficient (Wildman–Crippen LogP) is 3.14. The van der Waals surface area contributed by atoms with Crippen LogP contribution in [0.25, 0.3) is 11.5 Å². The Balaban J connectivity index is 1.40. The van der Waals surface area contributed by atoms with Crippen LogP contribution in [-0.4, -0.2) is 43.8 Å². The average Bonchev–Trinajstić information content (AvgIpc) is 3.45. The van der Waals surface area contributed by atoms with Crippen LogP contribution in [0.15, 0.2) is 30.5 Å². The fourth-order valence-corrected chi connectivity index (χ4v) is 4.49. The first-order chi connectivity index (χ1) is 15.0. The van der Waals surface area contributed by atoms with Gasteiger partial charge < -0.3 is 14.2 Å². The molecule has 3 heterocycles. The Morgan fingerprint density at radius 3 is 2.90 bits per heavy atom. The summed E-state index contributed by atoms with van der Waals surface area (Å²) in [5.74, 6) is 2.60. The highest BCUT2D eigenvalue weighted by Crippen LogP contribution is 2.35. The van der Waals surface area contributed by atoms with Crippen molar-refractivity contribution in [2.75, 3.05) is 13.7 Å². The van der Waals surface area contributed by atoms with Crippen molar-refractivity contribution in [2.24, 2.45) is 13.0 Å². The molecule has 0 radical (unpaired) electrons. The summed E-state index contributed by atoms with van der Waals surface area (Å²) in [6.45, 7) is 4.41. The van der Waals surface area contributed by atoms with E-state index in [2.05, 4.69) is 11.5 Å². The maximum Gasteiger partial charge on any atom is 0.227 e. The van der Waals surface area contributed by atoms with Crippen LogP contribution in [0, 0.1) is 12.8 Å². The number of aryl methyl sites for hydroxylation is 2. The lowest BCUT2D eigenvalue weighted by Crippen LogP contribution is -2.37. The lowest BCUT2D eigenvalue weighted by Gasteiger charge is -2.28. The van der Waals surface area contributed by atoms with Gasteiger partial charge in [-0.05, 0) is 43.4 Å². The zero-order chi connectivity index (χ0) is 21.5. The zero-order valence-electron chi connectivity index (χ0n) is 18.5. The van der Waals surface area contributed by atoms with E-state index in [0.717, 1.165) is 47.3 Å². The van der Waals surface area contributed by atoms with Gasteiger partial charge in [0, 0.05) is 56.3 Å². The minimum Gasteiger partial charge on any atom is -0.497 e. The fraction of sp³-hybridized carbons (Fsp3) is 0.458. The number of imidazole rings is 1. The minimum absolute atomic E-state index is 0.131. The van der Waals surface area contributed by atoms with E-state index in [1.807, 2.05) is 47.1 Å². The van der Waals surface area contributed by atoms with Gasteiger partial charge in [-0.3, -0.25) is 9.48 Å². The van der Waals surface area contributed by atoms with E-state index in [4.69, 9.17) is 14.8 Å². The molecule has 0 N–H and O–H groups in total. The Morgan fingerprint density at radius 2 is 2.13 bits per heavy atom. The van der Waals surface area contributed by atoms with Crippen molar-refractivity contribution in [1.82, 2.24) is 24.2 Å². The van der Waals surface area contributed by atoms with E-state index < -0.39 is 0 Å². The molecule has 1 amide bonds. The van der Waals surface area contributed by atoms with E-state index in [9.17, 15) is 4.79 Å². The smallest absolute Gasteiger partial charge is 0.227 e. The molecule has 31 heavy (non-hydrogen) atoms. The molecule has 1 aromatic carbocycles. The third-order valence-electron chi connectivity index (χ3n) is 6.49.